The molecule has 1 atom stereocenters. The Morgan fingerprint density at radius 2 is 1.86 bits per heavy atom. The van der Waals surface area contributed by atoms with Crippen LogP contribution in [0.1, 0.15) is 54.9 Å². The van der Waals surface area contributed by atoms with Gasteiger partial charge in [-0.1, -0.05) is 44.7 Å². The summed E-state index contributed by atoms with van der Waals surface area (Å²) >= 11 is 0. The number of nitrogens with two attached hydrogens (primary N) is 1. The van der Waals surface area contributed by atoms with Crippen molar-refractivity contribution in [1.82, 2.24) is 0 Å². The predicted octanol–water partition coefficient (Wildman–Crippen LogP) is 2.77. The van der Waals surface area contributed by atoms with Gasteiger partial charge in [-0.3, -0.25) is 4.79 Å². The Balaban J connectivity index is 2.57. The second-order valence-corrected chi connectivity index (χ2v) is 5.45. The van der Waals surface area contributed by atoms with Crippen molar-refractivity contribution >= 4 is 11.9 Å². The van der Waals surface area contributed by atoms with Crippen molar-refractivity contribution in [2.75, 3.05) is 6.61 Å². The van der Waals surface area contributed by atoms with Crippen LogP contribution in [0.5, 0.6) is 0 Å². The highest BCUT2D eigenvalue weighted by atomic mass is 16.5. The maximum atomic E-state index is 10.9. The SMILES string of the molecule is CCCCCCC(Cc1ccc(C(=O)O)cc1)OCC(N)=O. The third-order valence-corrected chi connectivity index (χ3v) is 3.51. The number of rotatable bonds is 11. The highest BCUT2D eigenvalue weighted by Gasteiger charge is 2.12. The highest BCUT2D eigenvalue weighted by Crippen LogP contribution is 2.14. The Morgan fingerprint density at radius 3 is 2.41 bits per heavy atom. The summed E-state index contributed by atoms with van der Waals surface area (Å²) in [6.07, 6.45) is 6.00. The molecule has 0 aliphatic carbocycles. The normalized spacial score (nSPS) is 12.0. The van der Waals surface area contributed by atoms with Crippen LogP contribution in [0.4, 0.5) is 0 Å². The van der Waals surface area contributed by atoms with Crippen LogP contribution in [0.2, 0.25) is 0 Å². The number of carbonyl (C=O) groups is 2. The van der Waals surface area contributed by atoms with Crippen LogP contribution in [0.3, 0.4) is 0 Å². The Kier molecular flexibility index (Phi) is 8.22. The quantitative estimate of drug-likeness (QED) is 0.615. The lowest BCUT2D eigenvalue weighted by atomic mass is 10.0. The molecule has 0 radical (unpaired) electrons. The van der Waals surface area contributed by atoms with Crippen molar-refractivity contribution in [3.63, 3.8) is 0 Å². The lowest BCUT2D eigenvalue weighted by Gasteiger charge is -2.17. The van der Waals surface area contributed by atoms with Gasteiger partial charge in [0, 0.05) is 0 Å². The minimum Gasteiger partial charge on any atom is -0.478 e. The number of hydrogen-bond donors (Lipinski definition) is 2. The second-order valence-electron chi connectivity index (χ2n) is 5.45. The minimum absolute atomic E-state index is 0.0694. The van der Waals surface area contributed by atoms with Gasteiger partial charge in [0.05, 0.1) is 11.7 Å². The molecule has 0 aliphatic heterocycles. The number of amides is 1. The van der Waals surface area contributed by atoms with E-state index < -0.39 is 11.9 Å². The summed E-state index contributed by atoms with van der Waals surface area (Å²) in [5.74, 6) is -1.41. The number of benzene rings is 1. The van der Waals surface area contributed by atoms with Gasteiger partial charge in [0.2, 0.25) is 5.91 Å². The number of carboxylic acid groups (broad SMARTS) is 1. The first-order valence-electron chi connectivity index (χ1n) is 7.75. The number of aromatic carboxylic acids is 1. The van der Waals surface area contributed by atoms with E-state index in [1.165, 1.54) is 12.8 Å². The van der Waals surface area contributed by atoms with E-state index in [0.29, 0.717) is 6.42 Å². The van der Waals surface area contributed by atoms with Crippen LogP contribution in [0.15, 0.2) is 24.3 Å². The average Bonchev–Trinajstić information content (AvgIpc) is 2.49. The summed E-state index contributed by atoms with van der Waals surface area (Å²) in [5.41, 5.74) is 6.39. The summed E-state index contributed by atoms with van der Waals surface area (Å²) in [4.78, 5) is 21.7. The van der Waals surface area contributed by atoms with Gasteiger partial charge in [-0.05, 0) is 30.5 Å². The van der Waals surface area contributed by atoms with Gasteiger partial charge >= 0.3 is 5.97 Å². The summed E-state index contributed by atoms with van der Waals surface area (Å²) in [6, 6.07) is 6.74. The first kappa shape index (κ1) is 18.2. The van der Waals surface area contributed by atoms with Gasteiger partial charge in [-0.15, -0.1) is 0 Å². The van der Waals surface area contributed by atoms with Crippen LogP contribution in [0, 0.1) is 0 Å². The van der Waals surface area contributed by atoms with Gasteiger partial charge in [-0.25, -0.2) is 4.79 Å². The van der Waals surface area contributed by atoms with E-state index in [9.17, 15) is 9.59 Å². The summed E-state index contributed by atoms with van der Waals surface area (Å²) < 4.78 is 5.57. The molecule has 3 N–H and O–H groups in total. The molecule has 0 saturated heterocycles. The van der Waals surface area contributed by atoms with Crippen LogP contribution in [-0.2, 0) is 16.0 Å². The van der Waals surface area contributed by atoms with E-state index >= 15 is 0 Å². The molecule has 0 aliphatic rings. The molecule has 0 saturated carbocycles. The van der Waals surface area contributed by atoms with Crippen molar-refractivity contribution < 1.29 is 19.4 Å². The Labute approximate surface area is 131 Å². The van der Waals surface area contributed by atoms with Gasteiger partial charge in [0.1, 0.15) is 6.61 Å². The van der Waals surface area contributed by atoms with Crippen LogP contribution < -0.4 is 5.73 Å². The lowest BCUT2D eigenvalue weighted by Crippen LogP contribution is -2.25. The third kappa shape index (κ3) is 7.22. The Hall–Kier alpha value is -1.88. The lowest BCUT2D eigenvalue weighted by molar-refractivity contribution is -0.124. The fraction of sp³-hybridized carbons (Fsp3) is 0.529. The van der Waals surface area contributed by atoms with Gasteiger partial charge in [-0.2, -0.15) is 0 Å². The molecule has 0 fully saturated rings. The molecule has 1 aromatic rings. The molecule has 1 rings (SSSR count). The molecular formula is C17H25NO4. The van der Waals surface area contributed by atoms with Crippen LogP contribution in [0.25, 0.3) is 0 Å². The zero-order valence-electron chi connectivity index (χ0n) is 13.1. The molecule has 5 nitrogen and oxygen atoms in total. The van der Waals surface area contributed by atoms with Crippen molar-refractivity contribution in [1.29, 1.82) is 0 Å². The maximum absolute atomic E-state index is 10.9. The molecule has 22 heavy (non-hydrogen) atoms. The fourth-order valence-corrected chi connectivity index (χ4v) is 2.29. The number of carboxylic acids is 1. The van der Waals surface area contributed by atoms with E-state index in [0.717, 1.165) is 24.8 Å². The van der Waals surface area contributed by atoms with Crippen molar-refractivity contribution in [3.8, 4) is 0 Å². The van der Waals surface area contributed by atoms with E-state index in [-0.39, 0.29) is 18.3 Å². The molecule has 0 aromatic heterocycles. The second kappa shape index (κ2) is 9.95. The highest BCUT2D eigenvalue weighted by molar-refractivity contribution is 5.87. The zero-order chi connectivity index (χ0) is 16.4. The van der Waals surface area contributed by atoms with E-state index in [1.54, 1.807) is 24.3 Å². The molecule has 5 heteroatoms. The summed E-state index contributed by atoms with van der Waals surface area (Å²) in [5, 5.41) is 8.89. The van der Waals surface area contributed by atoms with Crippen molar-refractivity contribution in [3.05, 3.63) is 35.4 Å². The first-order valence-corrected chi connectivity index (χ1v) is 7.75. The Bertz CT molecular complexity index is 470. The number of unbranched alkanes of at least 4 members (excludes halogenated alkanes) is 3. The molecule has 0 bridgehead atoms. The molecule has 0 spiro atoms. The predicted molar refractivity (Wildman–Crippen MR) is 84.8 cm³/mol. The number of carbonyl (C=O) groups excluding carboxylic acids is 1. The number of ether oxygens (including phenoxy) is 1. The molecule has 1 unspecified atom stereocenters. The Morgan fingerprint density at radius 1 is 1.18 bits per heavy atom. The minimum atomic E-state index is -0.937. The van der Waals surface area contributed by atoms with E-state index in [4.69, 9.17) is 15.6 Å². The van der Waals surface area contributed by atoms with Gasteiger partial charge < -0.3 is 15.6 Å². The molecule has 1 amide bonds. The van der Waals surface area contributed by atoms with Crippen molar-refractivity contribution in [2.24, 2.45) is 5.73 Å². The van der Waals surface area contributed by atoms with Crippen LogP contribution >= 0.6 is 0 Å². The summed E-state index contributed by atoms with van der Waals surface area (Å²) in [6.45, 7) is 2.08. The van der Waals surface area contributed by atoms with E-state index in [2.05, 4.69) is 6.92 Å². The standard InChI is InChI=1S/C17H25NO4/c1-2-3-4-5-6-15(22-12-16(18)19)11-13-7-9-14(10-8-13)17(20)21/h7-10,15H,2-6,11-12H2,1H3,(H2,18,19)(H,20,21). The molecule has 122 valence electrons. The van der Waals surface area contributed by atoms with Crippen LogP contribution in [-0.4, -0.2) is 29.7 Å². The topological polar surface area (TPSA) is 89.6 Å². The van der Waals surface area contributed by atoms with Gasteiger partial charge in [0.25, 0.3) is 0 Å². The largest absolute Gasteiger partial charge is 0.478 e. The fourth-order valence-electron chi connectivity index (χ4n) is 2.29. The molecule has 0 heterocycles. The van der Waals surface area contributed by atoms with Gasteiger partial charge in [0.15, 0.2) is 0 Å². The van der Waals surface area contributed by atoms with E-state index in [1.807, 2.05) is 0 Å². The molecular weight excluding hydrogens is 282 g/mol. The zero-order valence-corrected chi connectivity index (χ0v) is 13.1. The maximum Gasteiger partial charge on any atom is 0.335 e. The first-order chi connectivity index (χ1) is 10.5. The molecule has 1 aromatic carbocycles. The average molecular weight is 307 g/mol. The van der Waals surface area contributed by atoms with Crippen molar-refractivity contribution in [2.45, 2.75) is 51.6 Å². The number of primary amides is 1. The number of hydrogen-bond acceptors (Lipinski definition) is 3. The smallest absolute Gasteiger partial charge is 0.335 e. The third-order valence-electron chi connectivity index (χ3n) is 3.51. The summed E-state index contributed by atoms with van der Waals surface area (Å²) in [7, 11) is 0. The monoisotopic (exact) mass is 307 g/mol.